The second kappa shape index (κ2) is 8.05. The predicted octanol–water partition coefficient (Wildman–Crippen LogP) is 4.23. The average Bonchev–Trinajstić information content (AvgIpc) is 3.12. The van der Waals surface area contributed by atoms with Crippen LogP contribution in [0.1, 0.15) is 34.6 Å². The summed E-state index contributed by atoms with van der Waals surface area (Å²) < 4.78 is 28.6. The van der Waals surface area contributed by atoms with Crippen molar-refractivity contribution >= 4 is 15.9 Å². The molecule has 5 nitrogen and oxygen atoms in total. The summed E-state index contributed by atoms with van der Waals surface area (Å²) in [4.78, 5) is 15.3. The maximum atomic E-state index is 13.6. The molecular formula is C24H24N2O3S. The van der Waals surface area contributed by atoms with Gasteiger partial charge in [-0.1, -0.05) is 66.2 Å². The smallest absolute Gasteiger partial charge is 0.255 e. The van der Waals surface area contributed by atoms with Gasteiger partial charge in [0.05, 0.1) is 4.90 Å². The monoisotopic (exact) mass is 420 g/mol. The van der Waals surface area contributed by atoms with Crippen LogP contribution in [0, 0.1) is 6.92 Å². The van der Waals surface area contributed by atoms with Gasteiger partial charge in [0.2, 0.25) is 10.0 Å². The van der Waals surface area contributed by atoms with Gasteiger partial charge in [-0.05, 0) is 43.7 Å². The standard InChI is InChI=1S/C24H24N2O3S/c1-18-13-15-22(16-14-18)30(28,29)25-17-19(2)26(23(25)20-9-5-3-6-10-20)24(27)21-11-7-4-8-12-21/h3-16,19,23H,17H2,1-2H3/t19-,23+/m1/s1. The van der Waals surface area contributed by atoms with E-state index < -0.39 is 16.2 Å². The maximum absolute atomic E-state index is 13.6. The van der Waals surface area contributed by atoms with E-state index >= 15 is 0 Å². The van der Waals surface area contributed by atoms with E-state index in [0.717, 1.165) is 11.1 Å². The summed E-state index contributed by atoms with van der Waals surface area (Å²) in [5.74, 6) is -0.182. The van der Waals surface area contributed by atoms with Gasteiger partial charge >= 0.3 is 0 Å². The first-order chi connectivity index (χ1) is 14.4. The lowest BCUT2D eigenvalue weighted by Crippen LogP contribution is -2.39. The summed E-state index contributed by atoms with van der Waals surface area (Å²) >= 11 is 0. The molecule has 0 N–H and O–H groups in total. The average molecular weight is 421 g/mol. The molecule has 3 aromatic rings. The summed E-state index contributed by atoms with van der Waals surface area (Å²) in [6, 6.07) is 24.9. The largest absolute Gasteiger partial charge is 0.314 e. The number of carbonyl (C=O) groups excluding carboxylic acids is 1. The molecule has 154 valence electrons. The van der Waals surface area contributed by atoms with Crippen LogP contribution in [0.4, 0.5) is 0 Å². The summed E-state index contributed by atoms with van der Waals surface area (Å²) in [6.07, 6.45) is -0.708. The van der Waals surface area contributed by atoms with Crippen molar-refractivity contribution in [2.75, 3.05) is 6.54 Å². The molecule has 1 aliphatic heterocycles. The molecule has 0 unspecified atom stereocenters. The van der Waals surface area contributed by atoms with Gasteiger partial charge in [0, 0.05) is 18.2 Å². The third-order valence-electron chi connectivity index (χ3n) is 5.44. The number of amides is 1. The van der Waals surface area contributed by atoms with E-state index in [9.17, 15) is 13.2 Å². The van der Waals surface area contributed by atoms with Crippen LogP contribution in [0.3, 0.4) is 0 Å². The Bertz CT molecular complexity index is 1130. The minimum Gasteiger partial charge on any atom is -0.314 e. The normalized spacial score (nSPS) is 19.7. The van der Waals surface area contributed by atoms with Crippen molar-refractivity contribution in [3.8, 4) is 0 Å². The van der Waals surface area contributed by atoms with Gasteiger partial charge in [0.15, 0.2) is 0 Å². The van der Waals surface area contributed by atoms with Gasteiger partial charge in [0.1, 0.15) is 6.17 Å². The highest BCUT2D eigenvalue weighted by molar-refractivity contribution is 7.89. The van der Waals surface area contributed by atoms with Crippen molar-refractivity contribution in [3.05, 3.63) is 102 Å². The number of hydrogen-bond acceptors (Lipinski definition) is 3. The lowest BCUT2D eigenvalue weighted by molar-refractivity contribution is 0.0640. The Morgan fingerprint density at radius 1 is 0.867 bits per heavy atom. The number of carbonyl (C=O) groups is 1. The van der Waals surface area contributed by atoms with Crippen LogP contribution in [0.15, 0.2) is 89.8 Å². The summed E-state index contributed by atoms with van der Waals surface area (Å²) in [6.45, 7) is 4.04. The Hall–Kier alpha value is -2.96. The highest BCUT2D eigenvalue weighted by atomic mass is 32.2. The molecule has 0 aromatic heterocycles. The van der Waals surface area contributed by atoms with Gasteiger partial charge < -0.3 is 4.90 Å². The molecule has 2 atom stereocenters. The Labute approximate surface area is 177 Å². The van der Waals surface area contributed by atoms with E-state index in [1.54, 1.807) is 41.3 Å². The van der Waals surface area contributed by atoms with Gasteiger partial charge in [0.25, 0.3) is 5.91 Å². The molecule has 0 bridgehead atoms. The third kappa shape index (κ3) is 3.64. The number of nitrogens with zero attached hydrogens (tertiary/aromatic N) is 2. The fourth-order valence-corrected chi connectivity index (χ4v) is 5.55. The molecule has 1 saturated heterocycles. The number of aryl methyl sites for hydroxylation is 1. The van der Waals surface area contributed by atoms with Crippen LogP contribution in [0.25, 0.3) is 0 Å². The fourth-order valence-electron chi connectivity index (χ4n) is 3.90. The van der Waals surface area contributed by atoms with E-state index in [-0.39, 0.29) is 23.4 Å². The molecule has 3 aromatic carbocycles. The zero-order valence-electron chi connectivity index (χ0n) is 17.0. The van der Waals surface area contributed by atoms with Crippen LogP contribution in [-0.4, -0.2) is 36.1 Å². The van der Waals surface area contributed by atoms with Gasteiger partial charge in [-0.3, -0.25) is 4.79 Å². The SMILES string of the molecule is Cc1ccc(S(=O)(=O)N2C[C@@H](C)N(C(=O)c3ccccc3)[C@H]2c2ccccc2)cc1. The third-order valence-corrected chi connectivity index (χ3v) is 7.27. The van der Waals surface area contributed by atoms with Crippen molar-refractivity contribution < 1.29 is 13.2 Å². The Morgan fingerprint density at radius 2 is 1.43 bits per heavy atom. The lowest BCUT2D eigenvalue weighted by Gasteiger charge is -2.31. The molecule has 1 fully saturated rings. The molecule has 6 heteroatoms. The molecule has 0 aliphatic carbocycles. The maximum Gasteiger partial charge on any atom is 0.255 e. The van der Waals surface area contributed by atoms with Gasteiger partial charge in [-0.25, -0.2) is 8.42 Å². The minimum absolute atomic E-state index is 0.182. The fraction of sp³-hybridized carbons (Fsp3) is 0.208. The first kappa shape index (κ1) is 20.3. The van der Waals surface area contributed by atoms with E-state index in [1.165, 1.54) is 4.31 Å². The zero-order valence-corrected chi connectivity index (χ0v) is 17.8. The topological polar surface area (TPSA) is 57.7 Å². The molecular weight excluding hydrogens is 396 g/mol. The molecule has 0 spiro atoms. The lowest BCUT2D eigenvalue weighted by atomic mass is 10.1. The summed E-state index contributed by atoms with van der Waals surface area (Å²) in [7, 11) is -3.79. The zero-order chi connectivity index (χ0) is 21.3. The molecule has 1 aliphatic rings. The van der Waals surface area contributed by atoms with E-state index in [1.807, 2.05) is 62.4 Å². The highest BCUT2D eigenvalue weighted by Gasteiger charge is 2.47. The second-order valence-electron chi connectivity index (χ2n) is 7.60. The molecule has 4 rings (SSSR count). The van der Waals surface area contributed by atoms with Crippen LogP contribution >= 0.6 is 0 Å². The van der Waals surface area contributed by atoms with Crippen molar-refractivity contribution in [2.45, 2.75) is 31.0 Å². The van der Waals surface area contributed by atoms with Crippen LogP contribution in [0.5, 0.6) is 0 Å². The van der Waals surface area contributed by atoms with Crippen molar-refractivity contribution in [1.29, 1.82) is 0 Å². The minimum atomic E-state index is -3.79. The molecule has 1 heterocycles. The molecule has 0 radical (unpaired) electrons. The molecule has 30 heavy (non-hydrogen) atoms. The van der Waals surface area contributed by atoms with Gasteiger partial charge in [-0.2, -0.15) is 4.31 Å². The number of benzene rings is 3. The molecule has 1 amide bonds. The summed E-state index contributed by atoms with van der Waals surface area (Å²) in [5.41, 5.74) is 2.30. The van der Waals surface area contributed by atoms with Gasteiger partial charge in [-0.15, -0.1) is 0 Å². The number of sulfonamides is 1. The number of hydrogen-bond donors (Lipinski definition) is 0. The second-order valence-corrected chi connectivity index (χ2v) is 9.49. The van der Waals surface area contributed by atoms with Crippen molar-refractivity contribution in [3.63, 3.8) is 0 Å². The first-order valence-electron chi connectivity index (χ1n) is 9.91. The summed E-state index contributed by atoms with van der Waals surface area (Å²) in [5, 5.41) is 0. The predicted molar refractivity (Wildman–Crippen MR) is 116 cm³/mol. The van der Waals surface area contributed by atoms with Crippen LogP contribution in [-0.2, 0) is 10.0 Å². The van der Waals surface area contributed by atoms with Crippen LogP contribution in [0.2, 0.25) is 0 Å². The van der Waals surface area contributed by atoms with E-state index in [4.69, 9.17) is 0 Å². The van der Waals surface area contributed by atoms with Crippen LogP contribution < -0.4 is 0 Å². The Morgan fingerprint density at radius 3 is 2.03 bits per heavy atom. The van der Waals surface area contributed by atoms with E-state index in [2.05, 4.69) is 0 Å². The Kier molecular flexibility index (Phi) is 5.45. The first-order valence-corrected chi connectivity index (χ1v) is 11.3. The van der Waals surface area contributed by atoms with Crippen molar-refractivity contribution in [1.82, 2.24) is 9.21 Å². The number of rotatable bonds is 4. The molecule has 0 saturated carbocycles. The highest BCUT2D eigenvalue weighted by Crippen LogP contribution is 2.38. The quantitative estimate of drug-likeness (QED) is 0.635. The Balaban J connectivity index is 1.81. The van der Waals surface area contributed by atoms with Crippen molar-refractivity contribution in [2.24, 2.45) is 0 Å². The van der Waals surface area contributed by atoms with E-state index in [0.29, 0.717) is 5.56 Å².